The predicted molar refractivity (Wildman–Crippen MR) is 86.2 cm³/mol. The number of benzene rings is 1. The first-order valence-electron chi connectivity index (χ1n) is 7.14. The molecule has 2 aromatic rings. The monoisotopic (exact) mass is 317 g/mol. The molecule has 0 aliphatic heterocycles. The molecule has 2 rings (SSSR count). The minimum absolute atomic E-state index is 0.102. The van der Waals surface area contributed by atoms with E-state index in [1.165, 1.54) is 6.07 Å². The summed E-state index contributed by atoms with van der Waals surface area (Å²) in [6, 6.07) is 8.40. The number of carbonyl (C=O) groups is 1. The number of amides is 1. The molecule has 122 valence electrons. The van der Waals surface area contributed by atoms with E-state index in [-0.39, 0.29) is 23.8 Å². The fourth-order valence-corrected chi connectivity index (χ4v) is 2.28. The maximum absolute atomic E-state index is 12.1. The van der Waals surface area contributed by atoms with E-state index < -0.39 is 4.92 Å². The number of hydrogen-bond donors (Lipinski definition) is 1. The zero-order chi connectivity index (χ0) is 17.0. The number of carbonyl (C=O) groups excluding carboxylic acids is 1. The maximum atomic E-state index is 12.1. The average Bonchev–Trinajstić information content (AvgIpc) is 2.85. The summed E-state index contributed by atoms with van der Waals surface area (Å²) in [5.74, 6) is 1.27. The molecular formula is C16H19N3O4. The van der Waals surface area contributed by atoms with Gasteiger partial charge in [0, 0.05) is 6.07 Å². The Bertz CT molecular complexity index is 724. The summed E-state index contributed by atoms with van der Waals surface area (Å²) >= 11 is 0. The Hall–Kier alpha value is -2.67. The van der Waals surface area contributed by atoms with Crippen LogP contribution in [0.4, 0.5) is 11.4 Å². The van der Waals surface area contributed by atoms with Crippen molar-refractivity contribution in [2.45, 2.75) is 20.4 Å². The van der Waals surface area contributed by atoms with Gasteiger partial charge in [-0.25, -0.2) is 0 Å². The van der Waals surface area contributed by atoms with Gasteiger partial charge in [-0.1, -0.05) is 12.1 Å². The van der Waals surface area contributed by atoms with Crippen molar-refractivity contribution < 1.29 is 14.1 Å². The van der Waals surface area contributed by atoms with Gasteiger partial charge in [-0.2, -0.15) is 0 Å². The first kappa shape index (κ1) is 16.7. The van der Waals surface area contributed by atoms with Crippen LogP contribution in [0.3, 0.4) is 0 Å². The molecule has 0 aliphatic carbocycles. The summed E-state index contributed by atoms with van der Waals surface area (Å²) in [6.45, 7) is 4.16. The molecule has 0 radical (unpaired) electrons. The zero-order valence-electron chi connectivity index (χ0n) is 13.3. The van der Waals surface area contributed by atoms with Crippen molar-refractivity contribution in [1.82, 2.24) is 4.90 Å². The third kappa shape index (κ3) is 4.40. The lowest BCUT2D eigenvalue weighted by Crippen LogP contribution is -2.30. The molecule has 1 heterocycles. The largest absolute Gasteiger partial charge is 0.465 e. The summed E-state index contributed by atoms with van der Waals surface area (Å²) in [5.41, 5.74) is 0.782. The SMILES string of the molecule is Cc1ccc(CN(C)CC(=O)Nc2c(C)cccc2[N+](=O)[O-])o1. The van der Waals surface area contributed by atoms with Gasteiger partial charge in [0.15, 0.2) is 0 Å². The molecular weight excluding hydrogens is 298 g/mol. The Balaban J connectivity index is 2.01. The zero-order valence-corrected chi connectivity index (χ0v) is 13.3. The highest BCUT2D eigenvalue weighted by Gasteiger charge is 2.18. The Morgan fingerprint density at radius 2 is 2.04 bits per heavy atom. The first-order valence-corrected chi connectivity index (χ1v) is 7.14. The normalized spacial score (nSPS) is 10.8. The smallest absolute Gasteiger partial charge is 0.293 e. The van der Waals surface area contributed by atoms with Crippen molar-refractivity contribution in [2.75, 3.05) is 18.9 Å². The molecule has 23 heavy (non-hydrogen) atoms. The van der Waals surface area contributed by atoms with E-state index in [1.54, 1.807) is 31.0 Å². The molecule has 1 N–H and O–H groups in total. The van der Waals surface area contributed by atoms with E-state index in [9.17, 15) is 14.9 Å². The summed E-state index contributed by atoms with van der Waals surface area (Å²) < 4.78 is 5.46. The van der Waals surface area contributed by atoms with Crippen molar-refractivity contribution in [2.24, 2.45) is 0 Å². The Morgan fingerprint density at radius 3 is 2.65 bits per heavy atom. The molecule has 0 saturated carbocycles. The molecule has 0 aliphatic rings. The van der Waals surface area contributed by atoms with E-state index in [1.807, 2.05) is 19.1 Å². The van der Waals surface area contributed by atoms with Gasteiger partial charge >= 0.3 is 0 Å². The van der Waals surface area contributed by atoms with Gasteiger partial charge in [0.05, 0.1) is 18.0 Å². The number of nitro groups is 1. The highest BCUT2D eigenvalue weighted by Crippen LogP contribution is 2.27. The second-order valence-electron chi connectivity index (χ2n) is 5.46. The fraction of sp³-hybridized carbons (Fsp3) is 0.312. The van der Waals surface area contributed by atoms with Gasteiger partial charge in [0.1, 0.15) is 17.2 Å². The van der Waals surface area contributed by atoms with Crippen LogP contribution in [0.5, 0.6) is 0 Å². The molecule has 7 heteroatoms. The highest BCUT2D eigenvalue weighted by molar-refractivity contribution is 5.95. The van der Waals surface area contributed by atoms with Crippen molar-refractivity contribution in [3.63, 3.8) is 0 Å². The molecule has 0 atom stereocenters. The topological polar surface area (TPSA) is 88.6 Å². The van der Waals surface area contributed by atoms with Crippen LogP contribution in [-0.2, 0) is 11.3 Å². The van der Waals surface area contributed by atoms with Crippen LogP contribution in [0.25, 0.3) is 0 Å². The molecule has 0 fully saturated rings. The Kier molecular flexibility index (Phi) is 5.13. The Morgan fingerprint density at radius 1 is 1.30 bits per heavy atom. The number of furan rings is 1. The minimum atomic E-state index is -0.502. The third-order valence-corrected chi connectivity index (χ3v) is 3.35. The lowest BCUT2D eigenvalue weighted by atomic mass is 10.1. The van der Waals surface area contributed by atoms with Crippen molar-refractivity contribution >= 4 is 17.3 Å². The highest BCUT2D eigenvalue weighted by atomic mass is 16.6. The molecule has 7 nitrogen and oxygen atoms in total. The van der Waals surface area contributed by atoms with Gasteiger partial charge in [0.2, 0.25) is 5.91 Å². The van der Waals surface area contributed by atoms with E-state index in [0.29, 0.717) is 12.1 Å². The third-order valence-electron chi connectivity index (χ3n) is 3.35. The number of anilines is 1. The van der Waals surface area contributed by atoms with E-state index in [4.69, 9.17) is 4.42 Å². The second-order valence-corrected chi connectivity index (χ2v) is 5.46. The fourth-order valence-electron chi connectivity index (χ4n) is 2.28. The molecule has 1 amide bonds. The van der Waals surface area contributed by atoms with Gasteiger partial charge < -0.3 is 9.73 Å². The number of nitrogens with one attached hydrogen (secondary N) is 1. The van der Waals surface area contributed by atoms with Crippen LogP contribution in [0.2, 0.25) is 0 Å². The quantitative estimate of drug-likeness (QED) is 0.653. The van der Waals surface area contributed by atoms with Crippen LogP contribution in [0.15, 0.2) is 34.7 Å². The van der Waals surface area contributed by atoms with Gasteiger partial charge in [-0.3, -0.25) is 19.8 Å². The summed E-state index contributed by atoms with van der Waals surface area (Å²) in [4.78, 5) is 24.5. The number of hydrogen-bond acceptors (Lipinski definition) is 5. The molecule has 0 unspecified atom stereocenters. The molecule has 0 spiro atoms. The van der Waals surface area contributed by atoms with Gasteiger partial charge in [-0.15, -0.1) is 0 Å². The van der Waals surface area contributed by atoms with E-state index in [0.717, 1.165) is 11.5 Å². The summed E-state index contributed by atoms with van der Waals surface area (Å²) in [6.07, 6.45) is 0. The van der Waals surface area contributed by atoms with Crippen molar-refractivity contribution in [1.29, 1.82) is 0 Å². The molecule has 1 aromatic heterocycles. The van der Waals surface area contributed by atoms with Gasteiger partial charge in [0.25, 0.3) is 5.69 Å². The van der Waals surface area contributed by atoms with Crippen LogP contribution in [0, 0.1) is 24.0 Å². The van der Waals surface area contributed by atoms with Crippen molar-refractivity contribution in [3.05, 3.63) is 57.5 Å². The van der Waals surface area contributed by atoms with Crippen LogP contribution in [-0.4, -0.2) is 29.3 Å². The average molecular weight is 317 g/mol. The molecule has 1 aromatic carbocycles. The van der Waals surface area contributed by atoms with Crippen LogP contribution >= 0.6 is 0 Å². The summed E-state index contributed by atoms with van der Waals surface area (Å²) in [5, 5.41) is 13.7. The van der Waals surface area contributed by atoms with Gasteiger partial charge in [-0.05, 0) is 38.6 Å². The maximum Gasteiger partial charge on any atom is 0.293 e. The predicted octanol–water partition coefficient (Wildman–Crippen LogP) is 2.88. The number of nitrogens with zero attached hydrogens (tertiary/aromatic N) is 2. The second kappa shape index (κ2) is 7.06. The van der Waals surface area contributed by atoms with Crippen LogP contribution in [0.1, 0.15) is 17.1 Å². The molecule has 0 bridgehead atoms. The number of aryl methyl sites for hydroxylation is 2. The minimum Gasteiger partial charge on any atom is -0.465 e. The number of likely N-dealkylation sites (N-methyl/N-ethyl adjacent to an activating group) is 1. The number of rotatable bonds is 6. The van der Waals surface area contributed by atoms with E-state index >= 15 is 0 Å². The first-order chi connectivity index (χ1) is 10.9. The number of nitro benzene ring substituents is 1. The van der Waals surface area contributed by atoms with E-state index in [2.05, 4.69) is 5.32 Å². The lowest BCUT2D eigenvalue weighted by molar-refractivity contribution is -0.384. The molecule has 0 saturated heterocycles. The number of para-hydroxylation sites is 1. The van der Waals surface area contributed by atoms with Crippen molar-refractivity contribution in [3.8, 4) is 0 Å². The Labute approximate surface area is 134 Å². The standard InChI is InChI=1S/C16H19N3O4/c1-11-5-4-6-14(19(21)22)16(11)17-15(20)10-18(3)9-13-8-7-12(2)23-13/h4-8H,9-10H2,1-3H3,(H,17,20). The summed E-state index contributed by atoms with van der Waals surface area (Å²) in [7, 11) is 1.78. The van der Waals surface area contributed by atoms with Crippen LogP contribution < -0.4 is 5.32 Å². The lowest BCUT2D eigenvalue weighted by Gasteiger charge is -2.15.